The van der Waals surface area contributed by atoms with Gasteiger partial charge >= 0.3 is 6.03 Å². The number of carbonyl (C=O) groups is 3. The van der Waals surface area contributed by atoms with Crippen molar-refractivity contribution in [2.75, 3.05) is 11.5 Å². The van der Waals surface area contributed by atoms with E-state index in [0.29, 0.717) is 22.9 Å². The maximum atomic E-state index is 13.9. The molecule has 43 heavy (non-hydrogen) atoms. The van der Waals surface area contributed by atoms with Crippen molar-refractivity contribution in [3.05, 3.63) is 131 Å². The zero-order chi connectivity index (χ0) is 29.9. The third-order valence-corrected chi connectivity index (χ3v) is 7.29. The number of urea groups is 1. The molecule has 1 aliphatic heterocycles. The normalized spacial score (nSPS) is 14.2. The van der Waals surface area contributed by atoms with E-state index in [1.165, 1.54) is 0 Å². The second kappa shape index (κ2) is 11.8. The Morgan fingerprint density at radius 1 is 0.791 bits per heavy atom. The number of benzene rings is 4. The van der Waals surface area contributed by atoms with Crippen LogP contribution in [-0.4, -0.2) is 29.0 Å². The number of para-hydroxylation sites is 2. The molecule has 0 aliphatic carbocycles. The molecule has 0 bridgehead atoms. The lowest BCUT2D eigenvalue weighted by molar-refractivity contribution is -0.122. The maximum Gasteiger partial charge on any atom is 0.336 e. The van der Waals surface area contributed by atoms with Crippen molar-refractivity contribution in [2.24, 2.45) is 0 Å². The molecule has 0 unspecified atom stereocenters. The van der Waals surface area contributed by atoms with Gasteiger partial charge in [-0.05, 0) is 66.6 Å². The zero-order valence-electron chi connectivity index (χ0n) is 23.2. The van der Waals surface area contributed by atoms with Gasteiger partial charge in [0.25, 0.3) is 11.8 Å². The summed E-state index contributed by atoms with van der Waals surface area (Å²) in [5, 5.41) is 2.93. The van der Waals surface area contributed by atoms with Gasteiger partial charge in [0, 0.05) is 16.3 Å². The monoisotopic (exact) mass is 587 g/mol. The van der Waals surface area contributed by atoms with Gasteiger partial charge < -0.3 is 9.30 Å². The van der Waals surface area contributed by atoms with Crippen LogP contribution in [0.1, 0.15) is 12.5 Å². The lowest BCUT2D eigenvalue weighted by Gasteiger charge is -2.27. The molecule has 1 aliphatic rings. The van der Waals surface area contributed by atoms with Gasteiger partial charge in [-0.1, -0.05) is 84.4 Å². The highest BCUT2D eigenvalue weighted by Gasteiger charge is 2.38. The molecular formula is C35H26ClN3O4. The van der Waals surface area contributed by atoms with Crippen LogP contribution in [0.3, 0.4) is 0 Å². The number of nitrogens with one attached hydrogen (secondary N) is 1. The van der Waals surface area contributed by atoms with Crippen molar-refractivity contribution >= 4 is 41.2 Å². The highest BCUT2D eigenvalue weighted by atomic mass is 35.5. The predicted octanol–water partition coefficient (Wildman–Crippen LogP) is 7.53. The summed E-state index contributed by atoms with van der Waals surface area (Å²) < 4.78 is 7.75. The van der Waals surface area contributed by atoms with Gasteiger partial charge in [0.1, 0.15) is 11.3 Å². The van der Waals surface area contributed by atoms with Crippen molar-refractivity contribution in [2.45, 2.75) is 6.92 Å². The standard InChI is InChI=1S/C35H26ClN3O4/c1-2-43-31-16-10-9-15-29(31)39-34(41)28(33(40)37-35(39)42)21-25-22-30(23-11-5-3-6-12-23)38(27-19-17-26(36)18-20-27)32(25)24-13-7-4-8-14-24/h3-22H,2H2,1H3,(H,37,40,42)/b28-21-. The average Bonchev–Trinajstić information content (AvgIpc) is 3.40. The first-order chi connectivity index (χ1) is 21.0. The average molecular weight is 588 g/mol. The molecule has 1 aromatic heterocycles. The highest BCUT2D eigenvalue weighted by Crippen LogP contribution is 2.38. The fourth-order valence-corrected chi connectivity index (χ4v) is 5.29. The molecule has 6 rings (SSSR count). The third kappa shape index (κ3) is 5.34. The van der Waals surface area contributed by atoms with E-state index >= 15 is 0 Å². The van der Waals surface area contributed by atoms with E-state index in [9.17, 15) is 14.4 Å². The first kappa shape index (κ1) is 27.8. The summed E-state index contributed by atoms with van der Waals surface area (Å²) in [6.07, 6.45) is 1.54. The Hall–Kier alpha value is -5.40. The highest BCUT2D eigenvalue weighted by molar-refractivity contribution is 6.39. The molecule has 0 radical (unpaired) electrons. The Morgan fingerprint density at radius 2 is 1.42 bits per heavy atom. The fourth-order valence-electron chi connectivity index (χ4n) is 5.16. The smallest absolute Gasteiger partial charge is 0.336 e. The molecule has 0 atom stereocenters. The van der Waals surface area contributed by atoms with Gasteiger partial charge in [0.05, 0.1) is 23.7 Å². The van der Waals surface area contributed by atoms with Crippen molar-refractivity contribution in [1.82, 2.24) is 9.88 Å². The topological polar surface area (TPSA) is 80.6 Å². The van der Waals surface area contributed by atoms with E-state index in [2.05, 4.69) is 9.88 Å². The number of barbiturate groups is 1. The molecule has 4 amide bonds. The summed E-state index contributed by atoms with van der Waals surface area (Å²) in [5.74, 6) is -1.17. The molecule has 1 fully saturated rings. The number of ether oxygens (including phenoxy) is 1. The molecule has 1 saturated heterocycles. The Kier molecular flexibility index (Phi) is 7.64. The van der Waals surface area contributed by atoms with Gasteiger partial charge in [-0.15, -0.1) is 0 Å². The largest absolute Gasteiger partial charge is 0.492 e. The van der Waals surface area contributed by atoms with Crippen LogP contribution in [-0.2, 0) is 9.59 Å². The number of anilines is 1. The molecule has 5 aromatic rings. The Labute approximate surface area is 253 Å². The van der Waals surface area contributed by atoms with Crippen LogP contribution in [0, 0.1) is 0 Å². The summed E-state index contributed by atoms with van der Waals surface area (Å²) in [4.78, 5) is 41.1. The van der Waals surface area contributed by atoms with Crippen molar-refractivity contribution < 1.29 is 19.1 Å². The van der Waals surface area contributed by atoms with Gasteiger partial charge in [-0.2, -0.15) is 0 Å². The quantitative estimate of drug-likeness (QED) is 0.158. The lowest BCUT2D eigenvalue weighted by Crippen LogP contribution is -2.54. The van der Waals surface area contributed by atoms with E-state index in [-0.39, 0.29) is 11.3 Å². The van der Waals surface area contributed by atoms with Crippen LogP contribution in [0.15, 0.2) is 121 Å². The number of carbonyl (C=O) groups excluding carboxylic acids is 3. The van der Waals surface area contributed by atoms with Crippen LogP contribution in [0.4, 0.5) is 10.5 Å². The summed E-state index contributed by atoms with van der Waals surface area (Å²) in [5.41, 5.74) is 4.92. The second-order valence-corrected chi connectivity index (χ2v) is 10.2. The van der Waals surface area contributed by atoms with E-state index in [1.807, 2.05) is 97.9 Å². The lowest BCUT2D eigenvalue weighted by atomic mass is 10.0. The van der Waals surface area contributed by atoms with Crippen molar-refractivity contribution in [3.63, 3.8) is 0 Å². The number of halogens is 1. The second-order valence-electron chi connectivity index (χ2n) is 9.74. The number of hydrogen-bond acceptors (Lipinski definition) is 4. The van der Waals surface area contributed by atoms with Crippen LogP contribution in [0.5, 0.6) is 5.75 Å². The molecule has 1 N–H and O–H groups in total. The van der Waals surface area contributed by atoms with Crippen LogP contribution in [0.2, 0.25) is 5.02 Å². The number of aromatic nitrogens is 1. The van der Waals surface area contributed by atoms with E-state index in [4.69, 9.17) is 16.3 Å². The third-order valence-electron chi connectivity index (χ3n) is 7.04. The van der Waals surface area contributed by atoms with E-state index < -0.39 is 17.8 Å². The number of rotatable bonds is 7. The summed E-state index contributed by atoms with van der Waals surface area (Å²) in [7, 11) is 0. The Bertz CT molecular complexity index is 1860. The molecule has 4 aromatic carbocycles. The summed E-state index contributed by atoms with van der Waals surface area (Å²) in [6, 6.07) is 34.8. The first-order valence-electron chi connectivity index (χ1n) is 13.7. The number of imide groups is 2. The minimum atomic E-state index is -0.841. The molecule has 0 saturated carbocycles. The molecule has 212 valence electrons. The zero-order valence-corrected chi connectivity index (χ0v) is 23.9. The van der Waals surface area contributed by atoms with Gasteiger partial charge in [-0.25, -0.2) is 9.69 Å². The van der Waals surface area contributed by atoms with Gasteiger partial charge in [0.2, 0.25) is 0 Å². The van der Waals surface area contributed by atoms with Crippen molar-refractivity contribution in [1.29, 1.82) is 0 Å². The van der Waals surface area contributed by atoms with Crippen molar-refractivity contribution in [3.8, 4) is 34.0 Å². The first-order valence-corrected chi connectivity index (χ1v) is 14.1. The molecular weight excluding hydrogens is 562 g/mol. The fraction of sp³-hybridized carbons (Fsp3) is 0.0571. The van der Waals surface area contributed by atoms with E-state index in [1.54, 1.807) is 30.3 Å². The minimum Gasteiger partial charge on any atom is -0.492 e. The van der Waals surface area contributed by atoms with Crippen LogP contribution >= 0.6 is 11.6 Å². The van der Waals surface area contributed by atoms with Gasteiger partial charge in [-0.3, -0.25) is 14.9 Å². The molecule has 7 nitrogen and oxygen atoms in total. The van der Waals surface area contributed by atoms with Gasteiger partial charge in [0.15, 0.2) is 0 Å². The number of amides is 4. The Morgan fingerprint density at radius 3 is 2.09 bits per heavy atom. The molecule has 0 spiro atoms. The minimum absolute atomic E-state index is 0.184. The number of hydrogen-bond donors (Lipinski definition) is 1. The number of nitrogens with zero attached hydrogens (tertiary/aromatic N) is 2. The maximum absolute atomic E-state index is 13.9. The van der Waals surface area contributed by atoms with Crippen LogP contribution < -0.4 is 15.0 Å². The van der Waals surface area contributed by atoms with Crippen LogP contribution in [0.25, 0.3) is 34.3 Å². The summed E-state index contributed by atoms with van der Waals surface area (Å²) >= 11 is 6.24. The molecule has 8 heteroatoms. The Balaban J connectivity index is 1.58. The molecule has 2 heterocycles. The predicted molar refractivity (Wildman–Crippen MR) is 168 cm³/mol. The summed E-state index contributed by atoms with van der Waals surface area (Å²) in [6.45, 7) is 2.15. The van der Waals surface area contributed by atoms with E-state index in [0.717, 1.165) is 33.1 Å². The SMILES string of the molecule is CCOc1ccccc1N1C(=O)NC(=O)/C(=C/c2cc(-c3ccccc3)n(-c3ccc(Cl)cc3)c2-c2ccccc2)C1=O.